The van der Waals surface area contributed by atoms with Crippen LogP contribution in [0.4, 0.5) is 0 Å². The van der Waals surface area contributed by atoms with Gasteiger partial charge in [-0.1, -0.05) is 70.9 Å². The van der Waals surface area contributed by atoms with Crippen LogP contribution in [0.5, 0.6) is 0 Å². The number of hydrazine groups is 1. The standard InChI is InChI=1S/C30H46BN5O6.CH4/c1-19(2)14-26(31-41-25-18-22-17-24(29(22,3)4)30(25,5)42-31)34-27(38)21(12-9-13-33-28(32)35-36(39)40)16-23(37)15-20-10-7-6-8-11-20;/h6-8,10-11,19,21-22,24-26H,9,12-18H2,1-5H3,(H,34,38)(H3,32,33,35);1H4/t21-,22+,24+,25-,26+,30+;/m1./s1. The van der Waals surface area contributed by atoms with E-state index in [0.29, 0.717) is 31.1 Å². The van der Waals surface area contributed by atoms with Crippen LogP contribution in [0, 0.1) is 39.2 Å². The monoisotopic (exact) mass is 599 g/mol. The number of benzene rings is 1. The van der Waals surface area contributed by atoms with Crippen molar-refractivity contribution in [1.82, 2.24) is 10.7 Å². The van der Waals surface area contributed by atoms with Gasteiger partial charge < -0.3 is 20.4 Å². The van der Waals surface area contributed by atoms with Crippen LogP contribution < -0.4 is 16.5 Å². The van der Waals surface area contributed by atoms with E-state index in [-0.39, 0.29) is 73.4 Å². The molecule has 0 unspecified atom stereocenters. The zero-order chi connectivity index (χ0) is 30.7. The van der Waals surface area contributed by atoms with E-state index in [2.05, 4.69) is 44.9 Å². The molecule has 1 aliphatic heterocycles. The quantitative estimate of drug-likeness (QED) is 0.0720. The Labute approximate surface area is 256 Å². The lowest BCUT2D eigenvalue weighted by molar-refractivity contribution is -0.525. The first-order valence-corrected chi connectivity index (χ1v) is 15.2. The van der Waals surface area contributed by atoms with Crippen molar-refractivity contribution in [2.75, 3.05) is 6.54 Å². The minimum absolute atomic E-state index is 0. The Bertz CT molecular complexity index is 1160. The molecule has 0 radical (unpaired) electrons. The number of amides is 1. The number of rotatable bonds is 14. The first kappa shape index (κ1) is 34.5. The van der Waals surface area contributed by atoms with Gasteiger partial charge in [-0.05, 0) is 67.8 Å². The summed E-state index contributed by atoms with van der Waals surface area (Å²) in [5.41, 5.74) is 8.06. The van der Waals surface area contributed by atoms with E-state index in [4.69, 9.17) is 15.0 Å². The summed E-state index contributed by atoms with van der Waals surface area (Å²) in [7, 11) is -0.556. The highest BCUT2D eigenvalue weighted by molar-refractivity contribution is 6.47. The zero-order valence-corrected chi connectivity index (χ0v) is 25.5. The van der Waals surface area contributed by atoms with Crippen LogP contribution in [0.25, 0.3) is 0 Å². The van der Waals surface area contributed by atoms with Gasteiger partial charge in [0.1, 0.15) is 5.78 Å². The lowest BCUT2D eigenvalue weighted by atomic mass is 9.43. The normalized spacial score (nSPS) is 26.9. The van der Waals surface area contributed by atoms with E-state index < -0.39 is 18.1 Å². The summed E-state index contributed by atoms with van der Waals surface area (Å²) in [5, 5.41) is 13.0. The highest BCUT2D eigenvalue weighted by atomic mass is 16.7. The molecule has 11 nitrogen and oxygen atoms in total. The second-order valence-electron chi connectivity index (χ2n) is 13.5. The van der Waals surface area contributed by atoms with Crippen molar-refractivity contribution in [2.24, 2.45) is 39.8 Å². The summed E-state index contributed by atoms with van der Waals surface area (Å²) in [6.45, 7) is 11.2. The van der Waals surface area contributed by atoms with Crippen LogP contribution in [0.2, 0.25) is 0 Å². The number of nitrogens with two attached hydrogens (primary N) is 1. The lowest BCUT2D eigenvalue weighted by Crippen LogP contribution is -2.65. The average molecular weight is 600 g/mol. The Morgan fingerprint density at radius 2 is 1.91 bits per heavy atom. The second-order valence-corrected chi connectivity index (χ2v) is 13.5. The van der Waals surface area contributed by atoms with E-state index in [1.807, 2.05) is 35.8 Å². The summed E-state index contributed by atoms with van der Waals surface area (Å²) in [4.78, 5) is 41.4. The number of carbonyl (C=O) groups excluding carboxylic acids is 2. The first-order valence-electron chi connectivity index (χ1n) is 15.2. The number of carbonyl (C=O) groups is 2. The number of guanidine groups is 1. The minimum atomic E-state index is -0.778. The van der Waals surface area contributed by atoms with Gasteiger partial charge in [0.15, 0.2) is 5.03 Å². The molecule has 2 bridgehead atoms. The molecule has 43 heavy (non-hydrogen) atoms. The average Bonchev–Trinajstić information content (AvgIpc) is 3.27. The Hall–Kier alpha value is -2.99. The summed E-state index contributed by atoms with van der Waals surface area (Å²) in [6, 6.07) is 9.45. The van der Waals surface area contributed by atoms with Gasteiger partial charge in [0.05, 0.1) is 17.6 Å². The van der Waals surface area contributed by atoms with Gasteiger partial charge in [0.25, 0.3) is 5.96 Å². The minimum Gasteiger partial charge on any atom is -0.404 e. The highest BCUT2D eigenvalue weighted by Gasteiger charge is 2.68. The maximum Gasteiger partial charge on any atom is 0.481 e. The number of nitrogens with one attached hydrogen (secondary N) is 2. The second kappa shape index (κ2) is 14.2. The fourth-order valence-corrected chi connectivity index (χ4v) is 7.28. The van der Waals surface area contributed by atoms with Crippen molar-refractivity contribution < 1.29 is 23.9 Å². The van der Waals surface area contributed by atoms with Gasteiger partial charge in [-0.3, -0.25) is 9.59 Å². The van der Waals surface area contributed by atoms with Crippen LogP contribution in [0.1, 0.15) is 86.1 Å². The van der Waals surface area contributed by atoms with Crippen molar-refractivity contribution >= 4 is 24.8 Å². The number of aliphatic imine (C=N–C) groups is 1. The first-order chi connectivity index (χ1) is 19.8. The van der Waals surface area contributed by atoms with Crippen LogP contribution in [-0.4, -0.2) is 54.0 Å². The molecule has 3 saturated carbocycles. The molecule has 0 spiro atoms. The number of nitrogens with zero attached hydrogens (tertiary/aromatic N) is 2. The summed E-state index contributed by atoms with van der Waals surface area (Å²) in [5.74, 6) is -0.189. The van der Waals surface area contributed by atoms with E-state index in [9.17, 15) is 19.7 Å². The highest BCUT2D eigenvalue weighted by Crippen LogP contribution is 2.65. The molecule has 0 aromatic heterocycles. The Balaban J connectivity index is 0.00000506. The Morgan fingerprint density at radius 1 is 1.21 bits per heavy atom. The largest absolute Gasteiger partial charge is 0.481 e. The fraction of sp³-hybridized carbons (Fsp3) is 0.710. The Morgan fingerprint density at radius 3 is 2.53 bits per heavy atom. The van der Waals surface area contributed by atoms with E-state index >= 15 is 0 Å². The van der Waals surface area contributed by atoms with Gasteiger partial charge >= 0.3 is 7.12 Å². The number of Topliss-reactive ketones (excluding diaryl/α,β-unsaturated/α-hetero) is 1. The molecule has 1 aromatic carbocycles. The Kier molecular flexibility index (Phi) is 11.4. The molecule has 1 saturated heterocycles. The molecule has 3 aliphatic carbocycles. The molecule has 1 amide bonds. The molecule has 4 fully saturated rings. The molecule has 4 N–H and O–H groups in total. The van der Waals surface area contributed by atoms with Crippen LogP contribution in [0.15, 0.2) is 35.3 Å². The maximum absolute atomic E-state index is 13.8. The van der Waals surface area contributed by atoms with Gasteiger partial charge in [-0.25, -0.2) is 15.1 Å². The topological polar surface area (TPSA) is 158 Å². The molecular weight excluding hydrogens is 549 g/mol. The molecule has 5 rings (SSSR count). The van der Waals surface area contributed by atoms with Crippen molar-refractivity contribution in [3.05, 3.63) is 46.0 Å². The molecule has 4 aliphatic rings. The van der Waals surface area contributed by atoms with Gasteiger partial charge in [0.2, 0.25) is 5.91 Å². The molecule has 238 valence electrons. The van der Waals surface area contributed by atoms with Crippen molar-refractivity contribution in [2.45, 2.75) is 105 Å². The predicted molar refractivity (Wildman–Crippen MR) is 167 cm³/mol. The third kappa shape index (κ3) is 8.14. The third-order valence-electron chi connectivity index (χ3n) is 9.64. The number of hydrogen-bond donors (Lipinski definition) is 3. The summed E-state index contributed by atoms with van der Waals surface area (Å²) in [6.07, 6.45) is 3.91. The zero-order valence-electron chi connectivity index (χ0n) is 25.5. The number of ketones is 1. The van der Waals surface area contributed by atoms with Gasteiger partial charge in [-0.2, -0.15) is 0 Å². The van der Waals surface area contributed by atoms with Crippen LogP contribution >= 0.6 is 0 Å². The molecular formula is C31H50BN5O6. The lowest BCUT2D eigenvalue weighted by Gasteiger charge is -2.64. The number of hydrogen-bond acceptors (Lipinski definition) is 7. The number of nitro groups is 1. The van der Waals surface area contributed by atoms with Gasteiger partial charge in [0, 0.05) is 25.3 Å². The van der Waals surface area contributed by atoms with Crippen molar-refractivity contribution in [1.29, 1.82) is 0 Å². The molecule has 1 aromatic rings. The molecule has 12 heteroatoms. The van der Waals surface area contributed by atoms with Gasteiger partial charge in [-0.15, -0.1) is 0 Å². The van der Waals surface area contributed by atoms with E-state index in [0.717, 1.165) is 18.4 Å². The predicted octanol–water partition coefficient (Wildman–Crippen LogP) is 4.12. The summed E-state index contributed by atoms with van der Waals surface area (Å²) >= 11 is 0. The van der Waals surface area contributed by atoms with Crippen molar-refractivity contribution in [3.63, 3.8) is 0 Å². The van der Waals surface area contributed by atoms with E-state index in [1.54, 1.807) is 0 Å². The summed E-state index contributed by atoms with van der Waals surface area (Å²) < 4.78 is 13.2. The third-order valence-corrected chi connectivity index (χ3v) is 9.64. The SMILES string of the molecule is C.CC(C)C[C@H](NC(=O)[C@H](CCCN=C(N)N[N+](=O)[O-])CC(=O)Cc1ccccc1)B1O[C@@H]2C[C@@H]3C[C@@H](C3(C)C)[C@]2(C)O1. The smallest absolute Gasteiger partial charge is 0.404 e. The molecule has 6 atom stereocenters. The van der Waals surface area contributed by atoms with E-state index in [1.165, 1.54) is 0 Å². The fourth-order valence-electron chi connectivity index (χ4n) is 7.28. The van der Waals surface area contributed by atoms with Crippen LogP contribution in [-0.2, 0) is 25.3 Å². The van der Waals surface area contributed by atoms with Crippen LogP contribution in [0.3, 0.4) is 0 Å². The van der Waals surface area contributed by atoms with Crippen molar-refractivity contribution in [3.8, 4) is 0 Å². The molecule has 1 heterocycles. The maximum atomic E-state index is 13.8.